The van der Waals surface area contributed by atoms with Gasteiger partial charge in [-0.3, -0.25) is 0 Å². The van der Waals surface area contributed by atoms with E-state index in [1.807, 2.05) is 11.4 Å². The normalized spacial score (nSPS) is 10.8. The number of nitrogen functional groups attached to an aromatic ring is 1. The van der Waals surface area contributed by atoms with Crippen LogP contribution < -0.4 is 5.73 Å². The Morgan fingerprint density at radius 2 is 2.31 bits per heavy atom. The Kier molecular flexibility index (Phi) is 2.06. The second-order valence-electron chi connectivity index (χ2n) is 2.76. The maximum Gasteiger partial charge on any atom is 0.122 e. The fraction of sp³-hybridized carbons (Fsp3) is 0.111. The van der Waals surface area contributed by atoms with E-state index in [1.54, 1.807) is 17.4 Å². The molecule has 3 N–H and O–H groups in total. The first kappa shape index (κ1) is 8.66. The molecule has 2 aromatic rings. The molecule has 13 heavy (non-hydrogen) atoms. The van der Waals surface area contributed by atoms with Crippen LogP contribution in [0.25, 0.3) is 10.1 Å². The van der Waals surface area contributed by atoms with E-state index in [2.05, 4.69) is 0 Å². The number of aromatic hydroxyl groups is 1. The van der Waals surface area contributed by atoms with Gasteiger partial charge in [-0.25, -0.2) is 0 Å². The first-order valence-corrected chi connectivity index (χ1v) is 5.19. The molecule has 0 unspecified atom stereocenters. The molecular weight excluding hydrogens is 206 g/mol. The summed E-state index contributed by atoms with van der Waals surface area (Å²) in [6.45, 7) is 0. The van der Waals surface area contributed by atoms with Crippen molar-refractivity contribution in [3.63, 3.8) is 0 Å². The average Bonchev–Trinajstić information content (AvgIpc) is 2.53. The Labute approximate surface area is 84.6 Å². The van der Waals surface area contributed by atoms with Crippen molar-refractivity contribution < 1.29 is 5.11 Å². The lowest BCUT2D eigenvalue weighted by atomic mass is 10.1. The second-order valence-corrected chi connectivity index (χ2v) is 3.94. The molecule has 0 amide bonds. The van der Waals surface area contributed by atoms with E-state index in [1.165, 1.54) is 0 Å². The van der Waals surface area contributed by atoms with Crippen molar-refractivity contribution in [2.75, 3.05) is 5.73 Å². The quantitative estimate of drug-likeness (QED) is 0.565. The van der Waals surface area contributed by atoms with Crippen molar-refractivity contribution in [2.45, 2.75) is 5.88 Å². The van der Waals surface area contributed by atoms with Gasteiger partial charge in [0, 0.05) is 5.56 Å². The molecule has 0 aliphatic carbocycles. The molecule has 2 nitrogen and oxygen atoms in total. The molecule has 0 saturated heterocycles. The predicted molar refractivity (Wildman–Crippen MR) is 57.5 cm³/mol. The third kappa shape index (κ3) is 1.24. The number of hydrogen-bond donors (Lipinski definition) is 2. The van der Waals surface area contributed by atoms with Crippen LogP contribution in [-0.2, 0) is 5.88 Å². The van der Waals surface area contributed by atoms with Crippen LogP contribution in [-0.4, -0.2) is 5.11 Å². The van der Waals surface area contributed by atoms with Crippen molar-refractivity contribution in [3.05, 3.63) is 23.1 Å². The van der Waals surface area contributed by atoms with Crippen LogP contribution in [0, 0.1) is 0 Å². The highest BCUT2D eigenvalue weighted by Crippen LogP contribution is 2.36. The molecule has 0 aliphatic heterocycles. The molecule has 0 spiro atoms. The van der Waals surface area contributed by atoms with Crippen molar-refractivity contribution in [1.82, 2.24) is 0 Å². The van der Waals surface area contributed by atoms with E-state index < -0.39 is 0 Å². The zero-order valence-corrected chi connectivity index (χ0v) is 8.32. The van der Waals surface area contributed by atoms with Crippen LogP contribution in [0.15, 0.2) is 17.5 Å². The lowest BCUT2D eigenvalue weighted by Gasteiger charge is -2.05. The van der Waals surface area contributed by atoms with Crippen molar-refractivity contribution in [3.8, 4) is 5.75 Å². The number of rotatable bonds is 1. The Hall–Kier alpha value is -0.930. The molecule has 68 valence electrons. The monoisotopic (exact) mass is 213 g/mol. The third-order valence-electron chi connectivity index (χ3n) is 2.00. The summed E-state index contributed by atoms with van der Waals surface area (Å²) in [6.07, 6.45) is 0. The van der Waals surface area contributed by atoms with E-state index in [0.717, 1.165) is 10.1 Å². The Balaban J connectivity index is 2.85. The van der Waals surface area contributed by atoms with E-state index in [9.17, 15) is 5.11 Å². The number of thiophene rings is 1. The molecule has 0 atom stereocenters. The summed E-state index contributed by atoms with van der Waals surface area (Å²) < 4.78 is 0.994. The zero-order chi connectivity index (χ0) is 9.42. The maximum absolute atomic E-state index is 9.55. The lowest BCUT2D eigenvalue weighted by molar-refractivity contribution is 0.472. The molecule has 0 fully saturated rings. The summed E-state index contributed by atoms with van der Waals surface area (Å²) in [5.41, 5.74) is 7.06. The van der Waals surface area contributed by atoms with Gasteiger partial charge in [-0.15, -0.1) is 22.9 Å². The summed E-state index contributed by atoms with van der Waals surface area (Å²) in [5, 5.41) is 12.5. The molecule has 1 aromatic heterocycles. The zero-order valence-electron chi connectivity index (χ0n) is 6.75. The van der Waals surface area contributed by atoms with Gasteiger partial charge in [0.2, 0.25) is 0 Å². The number of halogens is 1. The largest absolute Gasteiger partial charge is 0.508 e. The molecule has 0 bridgehead atoms. The summed E-state index contributed by atoms with van der Waals surface area (Å²) in [6, 6.07) is 3.62. The first-order chi connectivity index (χ1) is 6.24. The number of hydrogen-bond acceptors (Lipinski definition) is 3. The fourth-order valence-corrected chi connectivity index (χ4v) is 2.45. The SMILES string of the molecule is Nc1c(CCl)c(O)cc2ccsc12. The topological polar surface area (TPSA) is 46.2 Å². The molecule has 0 aliphatic rings. The first-order valence-electron chi connectivity index (χ1n) is 3.77. The standard InChI is InChI=1S/C9H8ClNOS/c10-4-6-7(12)3-5-1-2-13-9(5)8(6)11/h1-3,12H,4,11H2. The number of phenols is 1. The summed E-state index contributed by atoms with van der Waals surface area (Å²) >= 11 is 7.23. The molecule has 0 saturated carbocycles. The van der Waals surface area contributed by atoms with Crippen LogP contribution in [0.3, 0.4) is 0 Å². The van der Waals surface area contributed by atoms with Crippen molar-refractivity contribution in [2.24, 2.45) is 0 Å². The third-order valence-corrected chi connectivity index (χ3v) is 3.23. The summed E-state index contributed by atoms with van der Waals surface area (Å²) in [5.74, 6) is 0.421. The minimum Gasteiger partial charge on any atom is -0.508 e. The van der Waals surface area contributed by atoms with E-state index in [4.69, 9.17) is 17.3 Å². The number of phenolic OH excluding ortho intramolecular Hbond substituents is 1. The van der Waals surface area contributed by atoms with Crippen LogP contribution in [0.5, 0.6) is 5.75 Å². The Bertz CT molecular complexity index is 452. The fourth-order valence-electron chi connectivity index (χ4n) is 1.30. The van der Waals surface area contributed by atoms with Gasteiger partial charge in [0.05, 0.1) is 16.3 Å². The van der Waals surface area contributed by atoms with Gasteiger partial charge in [0.1, 0.15) is 5.75 Å². The van der Waals surface area contributed by atoms with Gasteiger partial charge < -0.3 is 10.8 Å². The molecule has 1 heterocycles. The predicted octanol–water partition coefficient (Wildman–Crippen LogP) is 2.93. The smallest absolute Gasteiger partial charge is 0.122 e. The van der Waals surface area contributed by atoms with Crippen LogP contribution in [0.2, 0.25) is 0 Å². The molecule has 1 aromatic carbocycles. The van der Waals surface area contributed by atoms with Crippen molar-refractivity contribution >= 4 is 38.7 Å². The van der Waals surface area contributed by atoms with Gasteiger partial charge in [0.15, 0.2) is 0 Å². The Morgan fingerprint density at radius 1 is 1.54 bits per heavy atom. The number of anilines is 1. The van der Waals surface area contributed by atoms with Crippen molar-refractivity contribution in [1.29, 1.82) is 0 Å². The summed E-state index contributed by atoms with van der Waals surface area (Å²) in [4.78, 5) is 0. The highest BCUT2D eigenvalue weighted by atomic mass is 35.5. The highest BCUT2D eigenvalue weighted by Gasteiger charge is 2.09. The van der Waals surface area contributed by atoms with Gasteiger partial charge >= 0.3 is 0 Å². The number of alkyl halides is 1. The van der Waals surface area contributed by atoms with E-state index >= 15 is 0 Å². The lowest BCUT2D eigenvalue weighted by Crippen LogP contribution is -1.92. The van der Waals surface area contributed by atoms with Crippen LogP contribution in [0.4, 0.5) is 5.69 Å². The number of nitrogens with two attached hydrogens (primary N) is 1. The number of benzene rings is 1. The highest BCUT2D eigenvalue weighted by molar-refractivity contribution is 7.17. The minimum atomic E-state index is 0.179. The van der Waals surface area contributed by atoms with Gasteiger partial charge in [-0.05, 0) is 22.9 Å². The maximum atomic E-state index is 9.55. The molecular formula is C9H8ClNOS. The Morgan fingerprint density at radius 3 is 3.00 bits per heavy atom. The minimum absolute atomic E-state index is 0.179. The second kappa shape index (κ2) is 3.09. The molecule has 2 rings (SSSR count). The number of fused-ring (bicyclic) bond motifs is 1. The van der Waals surface area contributed by atoms with Gasteiger partial charge in [-0.1, -0.05) is 0 Å². The van der Waals surface area contributed by atoms with Crippen LogP contribution >= 0.6 is 22.9 Å². The molecule has 4 heteroatoms. The average molecular weight is 214 g/mol. The molecule has 0 radical (unpaired) electrons. The van der Waals surface area contributed by atoms with E-state index in [-0.39, 0.29) is 11.6 Å². The summed E-state index contributed by atoms with van der Waals surface area (Å²) in [7, 11) is 0. The van der Waals surface area contributed by atoms with Gasteiger partial charge in [-0.2, -0.15) is 0 Å². The van der Waals surface area contributed by atoms with E-state index in [0.29, 0.717) is 11.3 Å². The van der Waals surface area contributed by atoms with Crippen LogP contribution in [0.1, 0.15) is 5.56 Å². The van der Waals surface area contributed by atoms with Gasteiger partial charge in [0.25, 0.3) is 0 Å².